The Morgan fingerprint density at radius 2 is 1.86 bits per heavy atom. The Hall–Kier alpha value is -0.620. The highest BCUT2D eigenvalue weighted by atomic mass is 32.2. The first-order valence-electron chi connectivity index (χ1n) is 4.26. The highest BCUT2D eigenvalue weighted by Crippen LogP contribution is 2.15. The third-order valence-electron chi connectivity index (χ3n) is 1.35. The molecule has 0 rings (SSSR count). The Bertz CT molecular complexity index is 302. The van der Waals surface area contributed by atoms with E-state index in [0.717, 1.165) is 0 Å². The van der Waals surface area contributed by atoms with Crippen LogP contribution in [0.25, 0.3) is 0 Å². The van der Waals surface area contributed by atoms with Gasteiger partial charge >= 0.3 is 5.97 Å². The van der Waals surface area contributed by atoms with E-state index in [1.54, 1.807) is 20.8 Å². The van der Waals surface area contributed by atoms with Crippen LogP contribution in [0.2, 0.25) is 0 Å². The van der Waals surface area contributed by atoms with Gasteiger partial charge in [0, 0.05) is 0 Å². The Morgan fingerprint density at radius 3 is 2.14 bits per heavy atom. The zero-order valence-corrected chi connectivity index (χ0v) is 9.68. The van der Waals surface area contributed by atoms with Crippen LogP contribution in [-0.4, -0.2) is 31.3 Å². The van der Waals surface area contributed by atoms with Gasteiger partial charge in [0.15, 0.2) is 0 Å². The number of sulfonamides is 1. The molecule has 14 heavy (non-hydrogen) atoms. The monoisotopic (exact) mass is 223 g/mol. The van der Waals surface area contributed by atoms with E-state index in [0.29, 0.717) is 0 Å². The number of rotatable bonds is 4. The number of nitrogens with one attached hydrogen (secondary N) is 1. The van der Waals surface area contributed by atoms with Gasteiger partial charge < -0.3 is 5.11 Å². The summed E-state index contributed by atoms with van der Waals surface area (Å²) in [6.45, 7) is 6.62. The number of hydrogen-bond acceptors (Lipinski definition) is 3. The third kappa shape index (κ3) is 5.93. The van der Waals surface area contributed by atoms with Gasteiger partial charge in [-0.2, -0.15) is 0 Å². The van der Waals surface area contributed by atoms with E-state index in [-0.39, 0.29) is 11.2 Å². The zero-order valence-electron chi connectivity index (χ0n) is 8.86. The number of carboxylic acids is 1. The molecule has 0 saturated carbocycles. The lowest BCUT2D eigenvalue weighted by Gasteiger charge is -2.19. The second kappa shape index (κ2) is 4.27. The molecule has 0 heterocycles. The molecule has 0 spiro atoms. The molecule has 0 aromatic rings. The van der Waals surface area contributed by atoms with Gasteiger partial charge in [-0.15, -0.1) is 0 Å². The van der Waals surface area contributed by atoms with Crippen LogP contribution >= 0.6 is 0 Å². The fraction of sp³-hybridized carbons (Fsp3) is 0.875. The van der Waals surface area contributed by atoms with E-state index in [9.17, 15) is 13.2 Å². The molecule has 0 aliphatic carbocycles. The second-order valence-corrected chi connectivity index (χ2v) is 6.25. The highest BCUT2D eigenvalue weighted by molar-refractivity contribution is 7.89. The van der Waals surface area contributed by atoms with Gasteiger partial charge in [-0.25, -0.2) is 13.1 Å². The number of hydrogen-bond donors (Lipinski definition) is 2. The quantitative estimate of drug-likeness (QED) is 0.723. The van der Waals surface area contributed by atoms with Crippen molar-refractivity contribution in [2.45, 2.75) is 33.7 Å². The van der Waals surface area contributed by atoms with Crippen molar-refractivity contribution in [1.29, 1.82) is 0 Å². The molecule has 2 N–H and O–H groups in total. The van der Waals surface area contributed by atoms with Crippen molar-refractivity contribution < 1.29 is 18.3 Å². The van der Waals surface area contributed by atoms with Crippen LogP contribution in [0.15, 0.2) is 0 Å². The molecule has 0 fully saturated rings. The van der Waals surface area contributed by atoms with E-state index >= 15 is 0 Å². The van der Waals surface area contributed by atoms with E-state index in [4.69, 9.17) is 5.11 Å². The minimum Gasteiger partial charge on any atom is -0.480 e. The maximum absolute atomic E-state index is 11.4. The molecule has 0 amide bonds. The number of aliphatic carboxylic acids is 1. The van der Waals surface area contributed by atoms with Gasteiger partial charge in [0.1, 0.15) is 6.04 Å². The van der Waals surface area contributed by atoms with Crippen molar-refractivity contribution >= 4 is 16.0 Å². The molecule has 0 radical (unpaired) electrons. The van der Waals surface area contributed by atoms with Gasteiger partial charge in [0.25, 0.3) is 0 Å². The average Bonchev–Trinajstić information content (AvgIpc) is 1.78. The summed E-state index contributed by atoms with van der Waals surface area (Å²) in [6, 6.07) is -1.08. The molecule has 1 atom stereocenters. The van der Waals surface area contributed by atoms with Crippen molar-refractivity contribution in [3.63, 3.8) is 0 Å². The molecule has 0 aliphatic heterocycles. The SMILES string of the molecule is CC(NS(=O)(=O)CC(C)(C)C)C(=O)O. The Kier molecular flexibility index (Phi) is 4.08. The maximum atomic E-state index is 11.4. The van der Waals surface area contributed by atoms with Crippen LogP contribution in [-0.2, 0) is 14.8 Å². The minimum atomic E-state index is -3.51. The predicted molar refractivity (Wildman–Crippen MR) is 53.5 cm³/mol. The van der Waals surface area contributed by atoms with Crippen LogP contribution in [0.3, 0.4) is 0 Å². The van der Waals surface area contributed by atoms with E-state index in [1.807, 2.05) is 0 Å². The molecule has 5 nitrogen and oxygen atoms in total. The molecule has 0 aromatic carbocycles. The first-order valence-corrected chi connectivity index (χ1v) is 5.91. The Labute approximate surface area is 84.6 Å². The highest BCUT2D eigenvalue weighted by Gasteiger charge is 2.25. The lowest BCUT2D eigenvalue weighted by atomic mass is 10.0. The van der Waals surface area contributed by atoms with Crippen LogP contribution in [0.5, 0.6) is 0 Å². The average molecular weight is 223 g/mol. The van der Waals surface area contributed by atoms with E-state index < -0.39 is 22.0 Å². The molecule has 0 saturated heterocycles. The third-order valence-corrected chi connectivity index (χ3v) is 3.31. The maximum Gasteiger partial charge on any atom is 0.321 e. The Morgan fingerprint density at radius 1 is 1.43 bits per heavy atom. The number of carbonyl (C=O) groups is 1. The van der Waals surface area contributed by atoms with Gasteiger partial charge in [0.05, 0.1) is 5.75 Å². The summed E-state index contributed by atoms with van der Waals surface area (Å²) in [6.07, 6.45) is 0. The summed E-state index contributed by atoms with van der Waals surface area (Å²) < 4.78 is 24.9. The Balaban J connectivity index is 4.45. The van der Waals surface area contributed by atoms with Gasteiger partial charge in [-0.05, 0) is 12.3 Å². The van der Waals surface area contributed by atoms with E-state index in [2.05, 4.69) is 4.72 Å². The van der Waals surface area contributed by atoms with Crippen LogP contribution in [0.4, 0.5) is 0 Å². The summed E-state index contributed by atoms with van der Waals surface area (Å²) in [4.78, 5) is 10.4. The summed E-state index contributed by atoms with van der Waals surface area (Å²) in [5.74, 6) is -1.26. The molecule has 1 unspecified atom stereocenters. The van der Waals surface area contributed by atoms with Crippen molar-refractivity contribution in [2.24, 2.45) is 5.41 Å². The first kappa shape index (κ1) is 13.4. The fourth-order valence-corrected chi connectivity index (χ4v) is 2.79. The molecule has 0 aliphatic rings. The summed E-state index contributed by atoms with van der Waals surface area (Å²) in [7, 11) is -3.51. The largest absolute Gasteiger partial charge is 0.480 e. The molecular formula is C8H17NO4S. The summed E-state index contributed by atoms with van der Waals surface area (Å²) >= 11 is 0. The molecule has 0 bridgehead atoms. The van der Waals surface area contributed by atoms with Gasteiger partial charge in [0.2, 0.25) is 10.0 Å². The number of carboxylic acid groups (broad SMARTS) is 1. The molecular weight excluding hydrogens is 206 g/mol. The first-order chi connectivity index (χ1) is 6.03. The predicted octanol–water partition coefficient (Wildman–Crippen LogP) is 0.425. The van der Waals surface area contributed by atoms with Crippen molar-refractivity contribution in [3.05, 3.63) is 0 Å². The van der Waals surface area contributed by atoms with Crippen LogP contribution in [0, 0.1) is 5.41 Å². The van der Waals surface area contributed by atoms with Crippen LogP contribution < -0.4 is 4.72 Å². The minimum absolute atomic E-state index is 0.0857. The fourth-order valence-electron chi connectivity index (χ4n) is 0.931. The standard InChI is InChI=1S/C8H17NO4S/c1-6(7(10)11)9-14(12,13)5-8(2,3)4/h6,9H,5H2,1-4H3,(H,10,11). The van der Waals surface area contributed by atoms with Crippen molar-refractivity contribution in [3.8, 4) is 0 Å². The lowest BCUT2D eigenvalue weighted by Crippen LogP contribution is -2.41. The van der Waals surface area contributed by atoms with Gasteiger partial charge in [-0.1, -0.05) is 20.8 Å². The molecule has 84 valence electrons. The summed E-state index contributed by atoms with van der Waals surface area (Å²) in [5.41, 5.74) is -0.385. The second-order valence-electron chi connectivity index (χ2n) is 4.50. The zero-order chi connectivity index (χ0) is 11.6. The molecule has 6 heteroatoms. The van der Waals surface area contributed by atoms with Crippen LogP contribution in [0.1, 0.15) is 27.7 Å². The normalized spacial score (nSPS) is 15.1. The van der Waals surface area contributed by atoms with Crippen molar-refractivity contribution in [1.82, 2.24) is 4.72 Å². The van der Waals surface area contributed by atoms with E-state index in [1.165, 1.54) is 6.92 Å². The smallest absolute Gasteiger partial charge is 0.321 e. The molecule has 0 aromatic heterocycles. The summed E-state index contributed by atoms with van der Waals surface area (Å²) in [5, 5.41) is 8.52. The lowest BCUT2D eigenvalue weighted by molar-refractivity contribution is -0.138. The topological polar surface area (TPSA) is 83.5 Å². The van der Waals surface area contributed by atoms with Crippen molar-refractivity contribution in [2.75, 3.05) is 5.75 Å². The van der Waals surface area contributed by atoms with Gasteiger partial charge in [-0.3, -0.25) is 4.79 Å².